The summed E-state index contributed by atoms with van der Waals surface area (Å²) in [5.74, 6) is 0.295. The quantitative estimate of drug-likeness (QED) is 0.643. The average Bonchev–Trinajstić information content (AvgIpc) is 3.41. The third-order valence-corrected chi connectivity index (χ3v) is 5.49. The molecule has 3 aliphatic heterocycles. The van der Waals surface area contributed by atoms with Crippen molar-refractivity contribution in [2.45, 2.75) is 25.4 Å². The van der Waals surface area contributed by atoms with Crippen LogP contribution < -0.4 is 10.3 Å². The number of aromatic nitrogens is 3. The normalized spacial score (nSPS) is 15.5. The molecule has 0 radical (unpaired) electrons. The molecule has 3 heterocycles. The smallest absolute Gasteiger partial charge is 0.341 e. The molecule has 0 amide bonds. The first kappa shape index (κ1) is 19.2. The van der Waals surface area contributed by atoms with Gasteiger partial charge in [-0.1, -0.05) is 12.1 Å². The molecule has 1 aromatic carbocycles. The summed E-state index contributed by atoms with van der Waals surface area (Å²) in [5.41, 5.74) is 1.83. The molecular formula is C21H24N4O4. The predicted molar refractivity (Wildman–Crippen MR) is 107 cm³/mol. The van der Waals surface area contributed by atoms with Gasteiger partial charge in [-0.05, 0) is 43.6 Å². The molecule has 0 bridgehead atoms. The van der Waals surface area contributed by atoms with E-state index < -0.39 is 5.97 Å². The zero-order valence-corrected chi connectivity index (χ0v) is 16.6. The molecule has 152 valence electrons. The topological polar surface area (TPSA) is 89.5 Å². The van der Waals surface area contributed by atoms with E-state index in [1.807, 2.05) is 16.7 Å². The Morgan fingerprint density at radius 2 is 1.90 bits per heavy atom. The molecule has 4 rings (SSSR count). The van der Waals surface area contributed by atoms with Crippen LogP contribution in [0.3, 0.4) is 0 Å². The Hall–Kier alpha value is -3.13. The Morgan fingerprint density at radius 1 is 1.17 bits per heavy atom. The summed E-state index contributed by atoms with van der Waals surface area (Å²) in [5, 5.41) is 6.41. The standard InChI is InChI=1S/C21H24N4O4/c1-28-15-7-5-14(6-8-15)18(25-9-3-4-10-25)13-24-11-16-19(22-23-20(16)26)17(12-24)21(27)29-2/h5-8,11-12,18H,3-4,9-10,13H2,1-2H3,(H,23,26)/t18-/m0/s1. The van der Waals surface area contributed by atoms with Gasteiger partial charge >= 0.3 is 5.97 Å². The van der Waals surface area contributed by atoms with Crippen molar-refractivity contribution in [2.75, 3.05) is 27.3 Å². The highest BCUT2D eigenvalue weighted by Crippen LogP contribution is 2.29. The van der Waals surface area contributed by atoms with Gasteiger partial charge in [0.05, 0.1) is 25.8 Å². The lowest BCUT2D eigenvalue weighted by Gasteiger charge is -2.29. The fraction of sp³-hybridized carbons (Fsp3) is 0.381. The maximum atomic E-state index is 12.3. The zero-order valence-electron chi connectivity index (χ0n) is 16.6. The number of esters is 1. The van der Waals surface area contributed by atoms with Crippen molar-refractivity contribution in [1.82, 2.24) is 19.7 Å². The number of hydrogen-bond donors (Lipinski definition) is 1. The number of nitrogens with zero attached hydrogens (tertiary/aromatic N) is 3. The van der Waals surface area contributed by atoms with Crippen molar-refractivity contribution >= 4 is 5.97 Å². The molecular weight excluding hydrogens is 372 g/mol. The number of rotatable bonds is 6. The van der Waals surface area contributed by atoms with Crippen LogP contribution in [0, 0.1) is 0 Å². The number of carbonyl (C=O) groups excluding carboxylic acids is 1. The summed E-state index contributed by atoms with van der Waals surface area (Å²) in [6, 6.07) is 8.16. The highest BCUT2D eigenvalue weighted by atomic mass is 16.5. The van der Waals surface area contributed by atoms with Gasteiger partial charge in [0, 0.05) is 18.9 Å². The Balaban J connectivity index is 1.74. The lowest BCUT2D eigenvalue weighted by Crippen LogP contribution is -2.29. The third-order valence-electron chi connectivity index (χ3n) is 5.49. The van der Waals surface area contributed by atoms with Gasteiger partial charge in [0.1, 0.15) is 17.0 Å². The molecule has 0 aliphatic carbocycles. The van der Waals surface area contributed by atoms with Crippen LogP contribution in [0.1, 0.15) is 34.8 Å². The van der Waals surface area contributed by atoms with Crippen molar-refractivity contribution in [1.29, 1.82) is 0 Å². The second kappa shape index (κ2) is 8.08. The number of ether oxygens (including phenoxy) is 2. The number of aromatic amines is 1. The Kier molecular flexibility index (Phi) is 5.35. The second-order valence-corrected chi connectivity index (χ2v) is 7.21. The van der Waals surface area contributed by atoms with Gasteiger partial charge in [-0.3, -0.25) is 9.69 Å². The molecule has 0 unspecified atom stereocenters. The van der Waals surface area contributed by atoms with Crippen molar-refractivity contribution in [3.8, 4) is 17.0 Å². The summed E-state index contributed by atoms with van der Waals surface area (Å²) < 4.78 is 12.1. The van der Waals surface area contributed by atoms with Gasteiger partial charge in [0.2, 0.25) is 0 Å². The number of carbonyl (C=O) groups is 1. The second-order valence-electron chi connectivity index (χ2n) is 7.21. The third kappa shape index (κ3) is 3.75. The van der Waals surface area contributed by atoms with Gasteiger partial charge in [-0.2, -0.15) is 5.10 Å². The molecule has 1 N–H and O–H groups in total. The highest BCUT2D eigenvalue weighted by Gasteiger charge is 2.26. The van der Waals surface area contributed by atoms with Crippen LogP contribution >= 0.6 is 0 Å². The number of pyridine rings is 1. The van der Waals surface area contributed by atoms with Crippen molar-refractivity contribution < 1.29 is 14.3 Å². The van der Waals surface area contributed by atoms with Crippen LogP contribution in [0.2, 0.25) is 0 Å². The van der Waals surface area contributed by atoms with E-state index in [1.54, 1.807) is 19.5 Å². The lowest BCUT2D eigenvalue weighted by atomic mass is 10.0. The zero-order chi connectivity index (χ0) is 20.4. The molecule has 8 heteroatoms. The molecule has 1 saturated heterocycles. The summed E-state index contributed by atoms with van der Waals surface area (Å²) in [4.78, 5) is 26.9. The van der Waals surface area contributed by atoms with Gasteiger partial charge in [-0.15, -0.1) is 0 Å². The molecule has 8 nitrogen and oxygen atoms in total. The molecule has 1 fully saturated rings. The largest absolute Gasteiger partial charge is 0.497 e. The van der Waals surface area contributed by atoms with E-state index in [0.717, 1.165) is 37.2 Å². The summed E-state index contributed by atoms with van der Waals surface area (Å²) in [6.07, 6.45) is 5.79. The molecule has 1 atom stereocenters. The van der Waals surface area contributed by atoms with Crippen LogP contribution in [-0.4, -0.2) is 52.9 Å². The summed E-state index contributed by atoms with van der Waals surface area (Å²) in [7, 11) is 2.97. The minimum absolute atomic E-state index is 0.110. The molecule has 1 aromatic rings. The number of fused-ring (bicyclic) bond motifs is 1. The minimum Gasteiger partial charge on any atom is -0.497 e. The number of H-pyrrole nitrogens is 1. The first-order valence-electron chi connectivity index (χ1n) is 9.65. The predicted octanol–water partition coefficient (Wildman–Crippen LogP) is 2.31. The van der Waals surface area contributed by atoms with Crippen molar-refractivity contribution in [3.63, 3.8) is 0 Å². The van der Waals surface area contributed by atoms with Gasteiger partial charge < -0.3 is 14.0 Å². The number of methoxy groups -OCH3 is 2. The van der Waals surface area contributed by atoms with Crippen LogP contribution in [0.15, 0.2) is 41.5 Å². The number of likely N-dealkylation sites (tertiary alicyclic amines) is 1. The van der Waals surface area contributed by atoms with E-state index in [-0.39, 0.29) is 17.2 Å². The van der Waals surface area contributed by atoms with E-state index >= 15 is 0 Å². The average molecular weight is 396 g/mol. The van der Waals surface area contributed by atoms with E-state index in [9.17, 15) is 9.59 Å². The van der Waals surface area contributed by atoms with E-state index in [4.69, 9.17) is 9.47 Å². The van der Waals surface area contributed by atoms with Gasteiger partial charge in [-0.25, -0.2) is 9.89 Å². The molecule has 0 spiro atoms. The Labute approximate surface area is 168 Å². The van der Waals surface area contributed by atoms with E-state index in [2.05, 4.69) is 27.2 Å². The van der Waals surface area contributed by atoms with Crippen LogP contribution in [0.25, 0.3) is 11.3 Å². The van der Waals surface area contributed by atoms with Gasteiger partial charge in [0.25, 0.3) is 5.56 Å². The van der Waals surface area contributed by atoms with Gasteiger partial charge in [0.15, 0.2) is 0 Å². The van der Waals surface area contributed by atoms with E-state index in [1.165, 1.54) is 7.11 Å². The van der Waals surface area contributed by atoms with E-state index in [0.29, 0.717) is 17.8 Å². The monoisotopic (exact) mass is 396 g/mol. The van der Waals surface area contributed by atoms with Crippen molar-refractivity contribution in [2.24, 2.45) is 0 Å². The first-order valence-corrected chi connectivity index (χ1v) is 9.65. The number of benzene rings is 1. The first-order chi connectivity index (χ1) is 14.1. The van der Waals surface area contributed by atoms with Crippen molar-refractivity contribution in [3.05, 3.63) is 58.1 Å². The molecule has 29 heavy (non-hydrogen) atoms. The van der Waals surface area contributed by atoms with Crippen LogP contribution in [-0.2, 0) is 11.3 Å². The maximum absolute atomic E-state index is 12.3. The Morgan fingerprint density at radius 3 is 2.55 bits per heavy atom. The summed E-state index contributed by atoms with van der Waals surface area (Å²) >= 11 is 0. The fourth-order valence-corrected chi connectivity index (χ4v) is 3.97. The lowest BCUT2D eigenvalue weighted by molar-refractivity contribution is 0.0600. The molecule has 3 aliphatic rings. The highest BCUT2D eigenvalue weighted by molar-refractivity contribution is 5.95. The fourth-order valence-electron chi connectivity index (χ4n) is 3.97. The Bertz CT molecular complexity index is 1020. The maximum Gasteiger partial charge on any atom is 0.341 e. The minimum atomic E-state index is -0.516. The van der Waals surface area contributed by atoms with Crippen LogP contribution in [0.4, 0.5) is 0 Å². The number of nitrogens with one attached hydrogen (secondary N) is 1. The molecule has 0 saturated carbocycles. The molecule has 0 aromatic heterocycles. The summed E-state index contributed by atoms with van der Waals surface area (Å²) in [6.45, 7) is 2.63. The SMILES string of the molecule is COC(=O)c1cn(C[C@@H](c2ccc(OC)cc2)N2CCCC2)cc2c(=O)[nH]nc1-2. The number of hydrogen-bond acceptors (Lipinski definition) is 6. The van der Waals surface area contributed by atoms with Crippen LogP contribution in [0.5, 0.6) is 5.75 Å².